The zero-order chi connectivity index (χ0) is 21.3. The van der Waals surface area contributed by atoms with Gasteiger partial charge in [0.15, 0.2) is 0 Å². The lowest BCUT2D eigenvalue weighted by molar-refractivity contribution is 0.0606. The quantitative estimate of drug-likeness (QED) is 0.720. The zero-order valence-electron chi connectivity index (χ0n) is 16.6. The number of halogens is 1. The molecule has 1 aromatic carbocycles. The van der Waals surface area contributed by atoms with Crippen molar-refractivity contribution in [2.45, 2.75) is 25.3 Å². The largest absolute Gasteiger partial charge is 0.368 e. The predicted molar refractivity (Wildman–Crippen MR) is 111 cm³/mol. The molecule has 1 aliphatic heterocycles. The Morgan fingerprint density at radius 2 is 2.07 bits per heavy atom. The van der Waals surface area contributed by atoms with E-state index < -0.39 is 0 Å². The van der Waals surface area contributed by atoms with Crippen molar-refractivity contribution in [2.75, 3.05) is 12.3 Å². The molecule has 2 N–H and O–H groups in total. The van der Waals surface area contributed by atoms with Crippen LogP contribution >= 0.6 is 0 Å². The van der Waals surface area contributed by atoms with Crippen LogP contribution in [-0.2, 0) is 7.05 Å². The van der Waals surface area contributed by atoms with Crippen LogP contribution in [0, 0.1) is 5.82 Å². The second kappa shape index (κ2) is 8.06. The number of carbonyl (C=O) groups excluding carboxylic acids is 1. The van der Waals surface area contributed by atoms with Crippen molar-refractivity contribution < 1.29 is 9.18 Å². The van der Waals surface area contributed by atoms with Gasteiger partial charge in [0.1, 0.15) is 5.82 Å². The number of piperidine rings is 1. The van der Waals surface area contributed by atoms with Crippen LogP contribution < -0.4 is 11.3 Å². The maximum absolute atomic E-state index is 13.8. The first kappa shape index (κ1) is 19.8. The van der Waals surface area contributed by atoms with E-state index in [0.717, 1.165) is 12.8 Å². The number of benzene rings is 1. The van der Waals surface area contributed by atoms with E-state index in [2.05, 4.69) is 9.97 Å². The Morgan fingerprint density at radius 1 is 1.23 bits per heavy atom. The molecule has 4 rings (SSSR count). The van der Waals surface area contributed by atoms with Gasteiger partial charge >= 0.3 is 0 Å². The number of anilines is 1. The molecule has 0 spiro atoms. The molecule has 1 saturated heterocycles. The summed E-state index contributed by atoms with van der Waals surface area (Å²) in [7, 11) is 1.61. The average molecular weight is 407 g/mol. The van der Waals surface area contributed by atoms with Crippen molar-refractivity contribution in [1.29, 1.82) is 0 Å². The number of pyridine rings is 1. The van der Waals surface area contributed by atoms with Gasteiger partial charge in [0.2, 0.25) is 11.5 Å². The maximum atomic E-state index is 13.8. The first-order valence-electron chi connectivity index (χ1n) is 9.80. The monoisotopic (exact) mass is 407 g/mol. The molecule has 0 saturated carbocycles. The molecule has 1 atom stereocenters. The summed E-state index contributed by atoms with van der Waals surface area (Å²) in [6.07, 6.45) is 5.61. The molecule has 154 valence electrons. The van der Waals surface area contributed by atoms with Gasteiger partial charge in [0, 0.05) is 37.6 Å². The highest BCUT2D eigenvalue weighted by molar-refractivity contribution is 5.94. The van der Waals surface area contributed by atoms with Crippen LogP contribution in [-0.4, -0.2) is 31.9 Å². The Bertz CT molecular complexity index is 1160. The van der Waals surface area contributed by atoms with E-state index in [9.17, 15) is 14.0 Å². The van der Waals surface area contributed by atoms with Crippen LogP contribution in [0.25, 0.3) is 11.1 Å². The molecule has 1 amide bonds. The molecule has 0 aliphatic carbocycles. The average Bonchev–Trinajstić information content (AvgIpc) is 2.75. The van der Waals surface area contributed by atoms with Gasteiger partial charge in [-0.15, -0.1) is 0 Å². The molecule has 2 aromatic heterocycles. The molecule has 8 heteroatoms. The summed E-state index contributed by atoms with van der Waals surface area (Å²) < 4.78 is 15.2. The van der Waals surface area contributed by atoms with Crippen LogP contribution in [0.2, 0.25) is 0 Å². The van der Waals surface area contributed by atoms with E-state index in [4.69, 9.17) is 5.73 Å². The molecule has 1 unspecified atom stereocenters. The van der Waals surface area contributed by atoms with Gasteiger partial charge in [0.25, 0.3) is 5.91 Å². The third-order valence-corrected chi connectivity index (χ3v) is 5.38. The van der Waals surface area contributed by atoms with Gasteiger partial charge in [-0.3, -0.25) is 9.59 Å². The van der Waals surface area contributed by atoms with Gasteiger partial charge in [-0.2, -0.15) is 0 Å². The van der Waals surface area contributed by atoms with E-state index in [-0.39, 0.29) is 29.3 Å². The minimum Gasteiger partial charge on any atom is -0.368 e. The molecule has 0 bridgehead atoms. The minimum atomic E-state index is -0.364. The van der Waals surface area contributed by atoms with E-state index >= 15 is 0 Å². The number of amides is 1. The summed E-state index contributed by atoms with van der Waals surface area (Å²) >= 11 is 0. The number of hydrogen-bond donors (Lipinski definition) is 1. The van der Waals surface area contributed by atoms with Crippen LogP contribution in [0.4, 0.5) is 10.3 Å². The molecule has 7 nitrogen and oxygen atoms in total. The van der Waals surface area contributed by atoms with Gasteiger partial charge in [-0.25, -0.2) is 14.4 Å². The number of aryl methyl sites for hydroxylation is 1. The molecule has 0 radical (unpaired) electrons. The number of carbonyl (C=O) groups is 1. The van der Waals surface area contributed by atoms with Crippen molar-refractivity contribution >= 4 is 11.9 Å². The maximum Gasteiger partial charge on any atom is 0.255 e. The Labute approximate surface area is 173 Å². The van der Waals surface area contributed by atoms with Gasteiger partial charge < -0.3 is 15.2 Å². The van der Waals surface area contributed by atoms with Crippen molar-refractivity contribution in [3.63, 3.8) is 0 Å². The van der Waals surface area contributed by atoms with Crippen LogP contribution in [0.5, 0.6) is 0 Å². The van der Waals surface area contributed by atoms with E-state index in [1.807, 2.05) is 0 Å². The lowest BCUT2D eigenvalue weighted by Gasteiger charge is -2.36. The summed E-state index contributed by atoms with van der Waals surface area (Å²) in [4.78, 5) is 35.3. The Balaban J connectivity index is 1.78. The molecule has 1 aliphatic rings. The fourth-order valence-corrected chi connectivity index (χ4v) is 3.89. The second-order valence-electron chi connectivity index (χ2n) is 7.41. The minimum absolute atomic E-state index is 0.102. The lowest BCUT2D eigenvalue weighted by atomic mass is 9.93. The second-order valence-corrected chi connectivity index (χ2v) is 7.41. The fraction of sp³-hybridized carbons (Fsp3) is 0.273. The Hall–Kier alpha value is -3.55. The van der Waals surface area contributed by atoms with Crippen LogP contribution in [0.15, 0.2) is 53.6 Å². The number of aromatic nitrogens is 3. The molecule has 30 heavy (non-hydrogen) atoms. The van der Waals surface area contributed by atoms with Gasteiger partial charge in [-0.05, 0) is 43.0 Å². The zero-order valence-corrected chi connectivity index (χ0v) is 16.6. The highest BCUT2D eigenvalue weighted by Gasteiger charge is 2.32. The predicted octanol–water partition coefficient (Wildman–Crippen LogP) is 2.93. The number of hydrogen-bond acceptors (Lipinski definition) is 5. The van der Waals surface area contributed by atoms with Gasteiger partial charge in [-0.1, -0.05) is 12.1 Å². The van der Waals surface area contributed by atoms with E-state index in [1.54, 1.807) is 30.3 Å². The Morgan fingerprint density at radius 3 is 2.83 bits per heavy atom. The third kappa shape index (κ3) is 3.80. The topological polar surface area (TPSA) is 94.1 Å². The van der Waals surface area contributed by atoms with E-state index in [1.165, 1.54) is 35.0 Å². The molecular formula is C22H22FN5O2. The van der Waals surface area contributed by atoms with Crippen molar-refractivity contribution in [3.8, 4) is 11.1 Å². The summed E-state index contributed by atoms with van der Waals surface area (Å²) in [5.74, 6) is -0.444. The molecule has 3 aromatic rings. The summed E-state index contributed by atoms with van der Waals surface area (Å²) in [6, 6.07) is 8.79. The standard InChI is InChI=1S/C22H22FN5O2/c1-27-13-15(8-9-19(27)29)21(30)28-10-3-2-7-18(28)20-17(12-25-22(24)26-20)14-5-4-6-16(23)11-14/h4-6,8-9,11-13,18H,2-3,7,10H2,1H3,(H2,24,25,26). The number of likely N-dealkylation sites (tertiary alicyclic amines) is 1. The summed E-state index contributed by atoms with van der Waals surface area (Å²) in [5, 5.41) is 0. The van der Waals surface area contributed by atoms with Gasteiger partial charge in [0.05, 0.1) is 17.3 Å². The van der Waals surface area contributed by atoms with Crippen molar-refractivity contribution in [2.24, 2.45) is 7.05 Å². The third-order valence-electron chi connectivity index (χ3n) is 5.38. The first-order valence-corrected chi connectivity index (χ1v) is 9.80. The number of nitrogen functional groups attached to an aromatic ring is 1. The molecule has 3 heterocycles. The summed E-state index contributed by atoms with van der Waals surface area (Å²) in [6.45, 7) is 0.554. The van der Waals surface area contributed by atoms with Crippen LogP contribution in [0.1, 0.15) is 41.4 Å². The molecular weight excluding hydrogens is 385 g/mol. The lowest BCUT2D eigenvalue weighted by Crippen LogP contribution is -2.39. The highest BCUT2D eigenvalue weighted by atomic mass is 19.1. The van der Waals surface area contributed by atoms with Crippen LogP contribution in [0.3, 0.4) is 0 Å². The normalized spacial score (nSPS) is 16.5. The summed E-state index contributed by atoms with van der Waals surface area (Å²) in [5.41, 5.74) is 8.00. The Kier molecular flexibility index (Phi) is 5.31. The highest BCUT2D eigenvalue weighted by Crippen LogP contribution is 2.36. The van der Waals surface area contributed by atoms with Crippen molar-refractivity contribution in [1.82, 2.24) is 19.4 Å². The number of rotatable bonds is 3. The molecule has 1 fully saturated rings. The van der Waals surface area contributed by atoms with Crippen molar-refractivity contribution in [3.05, 3.63) is 76.2 Å². The fourth-order valence-electron chi connectivity index (χ4n) is 3.89. The van der Waals surface area contributed by atoms with E-state index in [0.29, 0.717) is 35.3 Å². The number of nitrogens with zero attached hydrogens (tertiary/aromatic N) is 4. The smallest absolute Gasteiger partial charge is 0.255 e. The first-order chi connectivity index (χ1) is 14.4. The number of nitrogens with two attached hydrogens (primary N) is 1. The SMILES string of the molecule is Cn1cc(C(=O)N2CCCCC2c2nc(N)ncc2-c2cccc(F)c2)ccc1=O.